The van der Waals surface area contributed by atoms with Crippen LogP contribution in [0.3, 0.4) is 0 Å². The molecule has 0 aromatic heterocycles. The molecule has 4 heteroatoms. The summed E-state index contributed by atoms with van der Waals surface area (Å²) in [6.07, 6.45) is 3.53. The van der Waals surface area contributed by atoms with Gasteiger partial charge in [-0.2, -0.15) is 0 Å². The van der Waals surface area contributed by atoms with Gasteiger partial charge < -0.3 is 10.6 Å². The summed E-state index contributed by atoms with van der Waals surface area (Å²) in [5, 5.41) is 6.57. The summed E-state index contributed by atoms with van der Waals surface area (Å²) in [5.74, 6) is 0.939. The van der Waals surface area contributed by atoms with Crippen molar-refractivity contribution < 1.29 is 4.79 Å². The van der Waals surface area contributed by atoms with Crippen molar-refractivity contribution in [2.45, 2.75) is 58.2 Å². The molecule has 0 aromatic carbocycles. The summed E-state index contributed by atoms with van der Waals surface area (Å²) < 4.78 is 0. The minimum absolute atomic E-state index is 0.00620. The van der Waals surface area contributed by atoms with Gasteiger partial charge in [0.05, 0.1) is 6.04 Å². The molecule has 2 rings (SSSR count). The monoisotopic (exact) mass is 253 g/mol. The number of piperidine rings is 1. The van der Waals surface area contributed by atoms with Gasteiger partial charge in [0.25, 0.3) is 0 Å². The molecule has 0 radical (unpaired) electrons. The lowest BCUT2D eigenvalue weighted by atomic mass is 9.91. The maximum Gasteiger partial charge on any atom is 0.237 e. The van der Waals surface area contributed by atoms with Crippen LogP contribution < -0.4 is 10.6 Å². The van der Waals surface area contributed by atoms with Gasteiger partial charge in [0.2, 0.25) is 5.91 Å². The minimum Gasteiger partial charge on any atom is -0.352 e. The van der Waals surface area contributed by atoms with E-state index in [0.29, 0.717) is 6.04 Å². The number of likely N-dealkylation sites (tertiary alicyclic amines) is 1. The Balaban J connectivity index is 1.94. The maximum atomic E-state index is 12.2. The van der Waals surface area contributed by atoms with Crippen molar-refractivity contribution in [3.8, 4) is 0 Å². The average molecular weight is 253 g/mol. The second-order valence-corrected chi connectivity index (χ2v) is 5.86. The van der Waals surface area contributed by atoms with Crippen molar-refractivity contribution >= 4 is 5.91 Å². The van der Waals surface area contributed by atoms with Crippen LogP contribution in [0.5, 0.6) is 0 Å². The molecule has 2 saturated heterocycles. The zero-order chi connectivity index (χ0) is 13.1. The summed E-state index contributed by atoms with van der Waals surface area (Å²) in [4.78, 5) is 14.6. The third-order valence-corrected chi connectivity index (χ3v) is 4.60. The Morgan fingerprint density at radius 3 is 2.94 bits per heavy atom. The molecule has 4 atom stereocenters. The zero-order valence-corrected chi connectivity index (χ0v) is 11.9. The second-order valence-electron chi connectivity index (χ2n) is 5.86. The molecule has 0 saturated carbocycles. The van der Waals surface area contributed by atoms with Gasteiger partial charge in [-0.05, 0) is 52.1 Å². The van der Waals surface area contributed by atoms with Crippen LogP contribution in [-0.2, 0) is 4.79 Å². The Hall–Kier alpha value is -0.610. The average Bonchev–Trinajstić information content (AvgIpc) is 2.85. The first-order chi connectivity index (χ1) is 8.63. The van der Waals surface area contributed by atoms with Gasteiger partial charge in [0.15, 0.2) is 0 Å². The summed E-state index contributed by atoms with van der Waals surface area (Å²) in [7, 11) is 0. The third-order valence-electron chi connectivity index (χ3n) is 4.60. The summed E-state index contributed by atoms with van der Waals surface area (Å²) in [6.45, 7) is 9.47. The van der Waals surface area contributed by atoms with E-state index < -0.39 is 0 Å². The number of rotatable bonds is 4. The van der Waals surface area contributed by atoms with Gasteiger partial charge in [-0.3, -0.25) is 9.69 Å². The lowest BCUT2D eigenvalue weighted by molar-refractivity contribution is -0.128. The fraction of sp³-hybridized carbons (Fsp3) is 0.929. The van der Waals surface area contributed by atoms with Gasteiger partial charge in [-0.25, -0.2) is 0 Å². The fourth-order valence-electron chi connectivity index (χ4n) is 3.20. The molecule has 18 heavy (non-hydrogen) atoms. The molecule has 0 aromatic rings. The Bertz CT molecular complexity index is 295. The summed E-state index contributed by atoms with van der Waals surface area (Å²) >= 11 is 0. The molecule has 2 aliphatic heterocycles. The fourth-order valence-corrected chi connectivity index (χ4v) is 3.20. The number of carbonyl (C=O) groups excluding carboxylic acids is 1. The second kappa shape index (κ2) is 6.02. The van der Waals surface area contributed by atoms with Crippen LogP contribution >= 0.6 is 0 Å². The van der Waals surface area contributed by atoms with Crippen molar-refractivity contribution in [1.82, 2.24) is 15.5 Å². The molecular formula is C14H27N3O. The van der Waals surface area contributed by atoms with E-state index in [9.17, 15) is 4.79 Å². The van der Waals surface area contributed by atoms with Crippen LogP contribution in [0.2, 0.25) is 0 Å². The lowest BCUT2D eigenvalue weighted by Gasteiger charge is -2.40. The van der Waals surface area contributed by atoms with E-state index in [-0.39, 0.29) is 18.0 Å². The Kier molecular flexibility index (Phi) is 4.62. The largest absolute Gasteiger partial charge is 0.352 e. The predicted octanol–water partition coefficient (Wildman–Crippen LogP) is 0.973. The molecule has 104 valence electrons. The molecular weight excluding hydrogens is 226 g/mol. The van der Waals surface area contributed by atoms with Crippen LogP contribution in [0.25, 0.3) is 0 Å². The predicted molar refractivity (Wildman–Crippen MR) is 73.4 cm³/mol. The Morgan fingerprint density at radius 1 is 1.44 bits per heavy atom. The molecule has 0 bridgehead atoms. The molecule has 2 N–H and O–H groups in total. The first-order valence-electron chi connectivity index (χ1n) is 7.40. The molecule has 2 fully saturated rings. The number of amides is 1. The van der Waals surface area contributed by atoms with E-state index in [1.807, 2.05) is 0 Å². The molecule has 2 aliphatic rings. The third kappa shape index (κ3) is 2.86. The van der Waals surface area contributed by atoms with Crippen LogP contribution in [0.15, 0.2) is 0 Å². The number of fused-ring (bicyclic) bond motifs is 1. The van der Waals surface area contributed by atoms with Gasteiger partial charge in [0, 0.05) is 18.6 Å². The van der Waals surface area contributed by atoms with Crippen molar-refractivity contribution in [3.63, 3.8) is 0 Å². The van der Waals surface area contributed by atoms with E-state index >= 15 is 0 Å². The zero-order valence-electron chi connectivity index (χ0n) is 11.9. The summed E-state index contributed by atoms with van der Waals surface area (Å²) in [6, 6.07) is 0.852. The van der Waals surface area contributed by atoms with Crippen LogP contribution in [0, 0.1) is 5.92 Å². The number of hydrogen-bond donors (Lipinski definition) is 2. The summed E-state index contributed by atoms with van der Waals surface area (Å²) in [5.41, 5.74) is 0. The highest BCUT2D eigenvalue weighted by Gasteiger charge is 2.38. The SMILES string of the molecule is CCC(C)NC(=O)C(C)N1CCCC2CNCC21. The molecule has 4 nitrogen and oxygen atoms in total. The highest BCUT2D eigenvalue weighted by Crippen LogP contribution is 2.27. The first-order valence-corrected chi connectivity index (χ1v) is 7.40. The van der Waals surface area contributed by atoms with Crippen LogP contribution in [0.1, 0.15) is 40.0 Å². The van der Waals surface area contributed by atoms with Crippen molar-refractivity contribution in [2.75, 3.05) is 19.6 Å². The quantitative estimate of drug-likeness (QED) is 0.785. The van der Waals surface area contributed by atoms with Gasteiger partial charge in [0.1, 0.15) is 0 Å². The molecule has 1 amide bonds. The number of carbonyl (C=O) groups is 1. The minimum atomic E-state index is 0.00620. The van der Waals surface area contributed by atoms with Crippen LogP contribution in [-0.4, -0.2) is 48.6 Å². The normalized spacial score (nSPS) is 31.7. The highest BCUT2D eigenvalue weighted by molar-refractivity contribution is 5.81. The van der Waals surface area contributed by atoms with Gasteiger partial charge >= 0.3 is 0 Å². The number of nitrogens with one attached hydrogen (secondary N) is 2. The Labute approximate surface area is 110 Å². The van der Waals surface area contributed by atoms with E-state index in [2.05, 4.69) is 36.3 Å². The van der Waals surface area contributed by atoms with E-state index in [0.717, 1.165) is 32.0 Å². The smallest absolute Gasteiger partial charge is 0.237 e. The highest BCUT2D eigenvalue weighted by atomic mass is 16.2. The van der Waals surface area contributed by atoms with E-state index in [1.165, 1.54) is 12.8 Å². The standard InChI is InChI=1S/C14H27N3O/c1-4-10(2)16-14(18)11(3)17-7-5-6-12-8-15-9-13(12)17/h10-13,15H,4-9H2,1-3H3,(H,16,18). The molecule has 2 heterocycles. The van der Waals surface area contributed by atoms with Crippen molar-refractivity contribution in [1.29, 1.82) is 0 Å². The van der Waals surface area contributed by atoms with Gasteiger partial charge in [-0.15, -0.1) is 0 Å². The van der Waals surface area contributed by atoms with Gasteiger partial charge in [-0.1, -0.05) is 6.92 Å². The lowest BCUT2D eigenvalue weighted by Crippen LogP contribution is -2.55. The van der Waals surface area contributed by atoms with Crippen molar-refractivity contribution in [3.05, 3.63) is 0 Å². The van der Waals surface area contributed by atoms with E-state index in [1.54, 1.807) is 0 Å². The molecule has 0 aliphatic carbocycles. The topological polar surface area (TPSA) is 44.4 Å². The van der Waals surface area contributed by atoms with E-state index in [4.69, 9.17) is 0 Å². The maximum absolute atomic E-state index is 12.2. The first kappa shape index (κ1) is 13.8. The Morgan fingerprint density at radius 2 is 2.22 bits per heavy atom. The van der Waals surface area contributed by atoms with Crippen molar-refractivity contribution in [2.24, 2.45) is 5.92 Å². The molecule has 4 unspecified atom stereocenters. The van der Waals surface area contributed by atoms with Crippen LogP contribution in [0.4, 0.5) is 0 Å². The number of hydrogen-bond acceptors (Lipinski definition) is 3. The molecule has 0 spiro atoms. The number of nitrogens with zero attached hydrogens (tertiary/aromatic N) is 1.